The van der Waals surface area contributed by atoms with Crippen molar-refractivity contribution in [3.8, 4) is 0 Å². The molecule has 4 rings (SSSR count). The van der Waals surface area contributed by atoms with E-state index in [1.54, 1.807) is 18.3 Å². The van der Waals surface area contributed by atoms with Crippen LogP contribution >= 0.6 is 11.3 Å². The van der Waals surface area contributed by atoms with Gasteiger partial charge in [0.25, 0.3) is 5.91 Å². The molecule has 1 aliphatic heterocycles. The summed E-state index contributed by atoms with van der Waals surface area (Å²) in [4.78, 5) is 20.2. The van der Waals surface area contributed by atoms with Crippen molar-refractivity contribution >= 4 is 22.4 Å². The van der Waals surface area contributed by atoms with E-state index in [4.69, 9.17) is 4.74 Å². The summed E-state index contributed by atoms with van der Waals surface area (Å²) >= 11 is 1.40. The Bertz CT molecular complexity index is 985. The average molecular weight is 412 g/mol. The van der Waals surface area contributed by atoms with Crippen LogP contribution in [0.4, 0.5) is 9.52 Å². The van der Waals surface area contributed by atoms with Gasteiger partial charge in [0.15, 0.2) is 5.13 Å². The maximum Gasteiger partial charge on any atom is 0.257 e. The van der Waals surface area contributed by atoms with E-state index in [1.807, 2.05) is 24.3 Å². The zero-order chi connectivity index (χ0) is 20.1. The van der Waals surface area contributed by atoms with Gasteiger partial charge in [-0.05, 0) is 35.4 Å². The third kappa shape index (κ3) is 5.47. The SMILES string of the molecule is O=C(Nc1ncc(Cc2cccc(F)c2)s1)c1cccc(CN2CCOCC2)c1. The normalized spacial score (nSPS) is 14.7. The molecule has 0 unspecified atom stereocenters. The predicted octanol–water partition coefficient (Wildman–Crippen LogP) is 3.96. The molecule has 2 aromatic carbocycles. The lowest BCUT2D eigenvalue weighted by Crippen LogP contribution is -2.35. The van der Waals surface area contributed by atoms with Crippen LogP contribution in [0.5, 0.6) is 0 Å². The average Bonchev–Trinajstić information content (AvgIpc) is 3.15. The van der Waals surface area contributed by atoms with E-state index in [1.165, 1.54) is 23.5 Å². The maximum atomic E-state index is 13.3. The Labute approximate surface area is 173 Å². The molecule has 1 aromatic heterocycles. The molecule has 150 valence electrons. The highest BCUT2D eigenvalue weighted by atomic mass is 32.1. The molecule has 1 amide bonds. The third-order valence-electron chi connectivity index (χ3n) is 4.74. The summed E-state index contributed by atoms with van der Waals surface area (Å²) in [5.41, 5.74) is 2.59. The molecule has 1 aliphatic rings. The number of carbonyl (C=O) groups is 1. The molecule has 0 spiro atoms. The van der Waals surface area contributed by atoms with E-state index in [0.29, 0.717) is 17.1 Å². The lowest BCUT2D eigenvalue weighted by molar-refractivity contribution is 0.0342. The molecule has 0 radical (unpaired) electrons. The molecule has 0 saturated carbocycles. The van der Waals surface area contributed by atoms with Gasteiger partial charge in [-0.25, -0.2) is 9.37 Å². The Morgan fingerprint density at radius 2 is 1.93 bits per heavy atom. The van der Waals surface area contributed by atoms with Gasteiger partial charge in [0.05, 0.1) is 13.2 Å². The number of ether oxygens (including phenoxy) is 1. The summed E-state index contributed by atoms with van der Waals surface area (Å²) in [7, 11) is 0. The number of morpholine rings is 1. The van der Waals surface area contributed by atoms with Gasteiger partial charge in [0.1, 0.15) is 5.82 Å². The van der Waals surface area contributed by atoms with E-state index in [2.05, 4.69) is 15.2 Å². The Kier molecular flexibility index (Phi) is 6.29. The molecule has 29 heavy (non-hydrogen) atoms. The van der Waals surface area contributed by atoms with E-state index in [0.717, 1.165) is 48.9 Å². The summed E-state index contributed by atoms with van der Waals surface area (Å²) in [5.74, 6) is -0.432. The fraction of sp³-hybridized carbons (Fsp3) is 0.273. The number of nitrogens with zero attached hydrogens (tertiary/aromatic N) is 2. The first kappa shape index (κ1) is 19.7. The Morgan fingerprint density at radius 3 is 2.76 bits per heavy atom. The van der Waals surface area contributed by atoms with E-state index in [-0.39, 0.29) is 11.7 Å². The predicted molar refractivity (Wildman–Crippen MR) is 112 cm³/mol. The quantitative estimate of drug-likeness (QED) is 0.667. The number of thiazole rings is 1. The highest BCUT2D eigenvalue weighted by Crippen LogP contribution is 2.22. The fourth-order valence-electron chi connectivity index (χ4n) is 3.29. The first-order chi connectivity index (χ1) is 14.2. The van der Waals surface area contributed by atoms with Gasteiger partial charge < -0.3 is 4.74 Å². The zero-order valence-corrected chi connectivity index (χ0v) is 16.8. The number of aromatic nitrogens is 1. The van der Waals surface area contributed by atoms with Gasteiger partial charge in [-0.3, -0.25) is 15.0 Å². The van der Waals surface area contributed by atoms with Crippen LogP contribution in [-0.4, -0.2) is 42.1 Å². The largest absolute Gasteiger partial charge is 0.379 e. The molecule has 1 fully saturated rings. The standard InChI is InChI=1S/C22H22FN3O2S/c23-19-6-2-3-16(12-19)13-20-14-24-22(29-20)25-21(27)18-5-1-4-17(11-18)15-26-7-9-28-10-8-26/h1-6,11-12,14H,7-10,13,15H2,(H,24,25,27). The van der Waals surface area contributed by atoms with Crippen molar-refractivity contribution in [1.29, 1.82) is 0 Å². The van der Waals surface area contributed by atoms with Crippen LogP contribution in [0.15, 0.2) is 54.7 Å². The number of carbonyl (C=O) groups excluding carboxylic acids is 1. The van der Waals surface area contributed by atoms with Crippen molar-refractivity contribution in [2.75, 3.05) is 31.6 Å². The number of rotatable bonds is 6. The van der Waals surface area contributed by atoms with Crippen LogP contribution < -0.4 is 5.32 Å². The molecule has 0 atom stereocenters. The van der Waals surface area contributed by atoms with Gasteiger partial charge in [-0.2, -0.15) is 0 Å². The first-order valence-electron chi connectivity index (χ1n) is 9.55. The minimum absolute atomic E-state index is 0.180. The monoisotopic (exact) mass is 411 g/mol. The van der Waals surface area contributed by atoms with Crippen LogP contribution in [0.3, 0.4) is 0 Å². The van der Waals surface area contributed by atoms with Crippen LogP contribution in [0.25, 0.3) is 0 Å². The fourth-order valence-corrected chi connectivity index (χ4v) is 4.13. The van der Waals surface area contributed by atoms with E-state index < -0.39 is 0 Å². The van der Waals surface area contributed by atoms with Crippen molar-refractivity contribution in [2.45, 2.75) is 13.0 Å². The molecular formula is C22H22FN3O2S. The van der Waals surface area contributed by atoms with Crippen molar-refractivity contribution in [1.82, 2.24) is 9.88 Å². The Hall–Kier alpha value is -2.61. The molecule has 1 saturated heterocycles. The van der Waals surface area contributed by atoms with Crippen molar-refractivity contribution in [3.05, 3.63) is 82.1 Å². The van der Waals surface area contributed by atoms with Crippen molar-refractivity contribution in [2.24, 2.45) is 0 Å². The van der Waals surface area contributed by atoms with Crippen molar-refractivity contribution < 1.29 is 13.9 Å². The maximum absolute atomic E-state index is 13.3. The van der Waals surface area contributed by atoms with Crippen LogP contribution in [-0.2, 0) is 17.7 Å². The summed E-state index contributed by atoms with van der Waals surface area (Å²) in [6.07, 6.45) is 2.31. The smallest absolute Gasteiger partial charge is 0.257 e. The summed E-state index contributed by atoms with van der Waals surface area (Å²) in [5, 5.41) is 3.41. The Morgan fingerprint density at radius 1 is 1.14 bits per heavy atom. The molecule has 5 nitrogen and oxygen atoms in total. The van der Waals surface area contributed by atoms with Crippen LogP contribution in [0, 0.1) is 5.82 Å². The number of benzene rings is 2. The van der Waals surface area contributed by atoms with Gasteiger partial charge in [0.2, 0.25) is 0 Å². The topological polar surface area (TPSA) is 54.5 Å². The molecule has 0 bridgehead atoms. The second-order valence-electron chi connectivity index (χ2n) is 6.98. The molecule has 2 heterocycles. The van der Waals surface area contributed by atoms with Gasteiger partial charge in [0, 0.05) is 42.7 Å². The number of amides is 1. The summed E-state index contributed by atoms with van der Waals surface area (Å²) < 4.78 is 18.7. The van der Waals surface area contributed by atoms with Gasteiger partial charge in [-0.15, -0.1) is 11.3 Å². The second kappa shape index (κ2) is 9.26. The van der Waals surface area contributed by atoms with Crippen LogP contribution in [0.1, 0.15) is 26.4 Å². The summed E-state index contributed by atoms with van der Waals surface area (Å²) in [6.45, 7) is 4.12. The number of nitrogens with one attached hydrogen (secondary N) is 1. The number of hydrogen-bond donors (Lipinski definition) is 1. The lowest BCUT2D eigenvalue weighted by atomic mass is 10.1. The van der Waals surface area contributed by atoms with Crippen molar-refractivity contribution in [3.63, 3.8) is 0 Å². The highest BCUT2D eigenvalue weighted by molar-refractivity contribution is 7.15. The van der Waals surface area contributed by atoms with E-state index >= 15 is 0 Å². The molecule has 0 aliphatic carbocycles. The first-order valence-corrected chi connectivity index (χ1v) is 10.4. The zero-order valence-electron chi connectivity index (χ0n) is 15.9. The van der Waals surface area contributed by atoms with Gasteiger partial charge in [-0.1, -0.05) is 24.3 Å². The highest BCUT2D eigenvalue weighted by Gasteiger charge is 2.13. The van der Waals surface area contributed by atoms with Gasteiger partial charge >= 0.3 is 0 Å². The number of anilines is 1. The number of hydrogen-bond acceptors (Lipinski definition) is 5. The second-order valence-corrected chi connectivity index (χ2v) is 8.10. The molecule has 7 heteroatoms. The number of halogens is 1. The molecular weight excluding hydrogens is 389 g/mol. The van der Waals surface area contributed by atoms with Crippen LogP contribution in [0.2, 0.25) is 0 Å². The molecule has 3 aromatic rings. The molecule has 1 N–H and O–H groups in total. The minimum Gasteiger partial charge on any atom is -0.379 e. The summed E-state index contributed by atoms with van der Waals surface area (Å²) in [6, 6.07) is 14.2. The third-order valence-corrected chi connectivity index (χ3v) is 5.65. The lowest BCUT2D eigenvalue weighted by Gasteiger charge is -2.26. The Balaban J connectivity index is 1.38. The minimum atomic E-state index is -0.252. The van der Waals surface area contributed by atoms with E-state index in [9.17, 15) is 9.18 Å².